The topological polar surface area (TPSA) is 68.3 Å². The summed E-state index contributed by atoms with van der Waals surface area (Å²) in [5.74, 6) is -0.726. The summed E-state index contributed by atoms with van der Waals surface area (Å²) in [5.41, 5.74) is 2.17. The van der Waals surface area contributed by atoms with E-state index in [0.717, 1.165) is 25.7 Å². The zero-order chi connectivity index (χ0) is 18.7. The SMILES string of the molecule is CCOC(=O)c1c(NC(=O)/C=C/c2nc3ccccc3s2)sc(C)c1C. The second-order valence-electron chi connectivity index (χ2n) is 5.55. The number of thiazole rings is 1. The van der Waals surface area contributed by atoms with E-state index in [1.54, 1.807) is 13.0 Å². The molecule has 1 N–H and O–H groups in total. The number of carbonyl (C=O) groups excluding carboxylic acids is 2. The number of aromatic nitrogens is 1. The Labute approximate surface area is 159 Å². The van der Waals surface area contributed by atoms with Gasteiger partial charge >= 0.3 is 5.97 Å². The van der Waals surface area contributed by atoms with Crippen LogP contribution in [-0.4, -0.2) is 23.5 Å². The van der Waals surface area contributed by atoms with E-state index >= 15 is 0 Å². The van der Waals surface area contributed by atoms with Crippen LogP contribution >= 0.6 is 22.7 Å². The molecule has 0 aliphatic rings. The fraction of sp³-hybridized carbons (Fsp3) is 0.211. The Kier molecular flexibility index (Phi) is 5.49. The molecule has 26 heavy (non-hydrogen) atoms. The molecule has 0 saturated carbocycles. The number of para-hydroxylation sites is 1. The third-order valence-corrected chi connectivity index (χ3v) is 5.91. The Hall–Kier alpha value is -2.51. The number of ether oxygens (including phenoxy) is 1. The fourth-order valence-corrected chi connectivity index (χ4v) is 4.35. The number of nitrogens with one attached hydrogen (secondary N) is 1. The second kappa shape index (κ2) is 7.80. The van der Waals surface area contributed by atoms with Gasteiger partial charge in [-0.3, -0.25) is 4.79 Å². The number of rotatable bonds is 5. The highest BCUT2D eigenvalue weighted by Gasteiger charge is 2.21. The summed E-state index contributed by atoms with van der Waals surface area (Å²) in [6, 6.07) is 7.82. The number of fused-ring (bicyclic) bond motifs is 1. The number of hydrogen-bond acceptors (Lipinski definition) is 6. The van der Waals surface area contributed by atoms with Crippen molar-refractivity contribution >= 4 is 55.8 Å². The van der Waals surface area contributed by atoms with E-state index in [9.17, 15) is 9.59 Å². The number of thiophene rings is 1. The van der Waals surface area contributed by atoms with Gasteiger partial charge in [-0.2, -0.15) is 0 Å². The maximum absolute atomic E-state index is 12.3. The van der Waals surface area contributed by atoms with Crippen molar-refractivity contribution in [3.63, 3.8) is 0 Å². The quantitative estimate of drug-likeness (QED) is 0.505. The molecule has 5 nitrogen and oxygen atoms in total. The van der Waals surface area contributed by atoms with E-state index < -0.39 is 5.97 Å². The zero-order valence-corrected chi connectivity index (χ0v) is 16.3. The van der Waals surface area contributed by atoms with Crippen molar-refractivity contribution in [2.75, 3.05) is 11.9 Å². The van der Waals surface area contributed by atoms with Gasteiger partial charge in [0.2, 0.25) is 5.91 Å². The zero-order valence-electron chi connectivity index (χ0n) is 14.7. The highest BCUT2D eigenvalue weighted by atomic mass is 32.1. The molecule has 2 heterocycles. The molecule has 0 saturated heterocycles. The molecule has 134 valence electrons. The molecule has 0 unspecified atom stereocenters. The van der Waals surface area contributed by atoms with Crippen LogP contribution in [0.25, 0.3) is 16.3 Å². The molecular formula is C19H18N2O3S2. The number of nitrogens with zero attached hydrogens (tertiary/aromatic N) is 1. The Morgan fingerprint density at radius 1 is 1.23 bits per heavy atom. The predicted octanol–water partition coefficient (Wildman–Crippen LogP) is 4.80. The number of amides is 1. The molecule has 7 heteroatoms. The molecule has 0 fully saturated rings. The van der Waals surface area contributed by atoms with Crippen molar-refractivity contribution < 1.29 is 14.3 Å². The number of aryl methyl sites for hydroxylation is 1. The molecule has 2 aromatic heterocycles. The smallest absolute Gasteiger partial charge is 0.341 e. The van der Waals surface area contributed by atoms with Crippen molar-refractivity contribution in [2.24, 2.45) is 0 Å². The molecule has 0 aliphatic carbocycles. The summed E-state index contributed by atoms with van der Waals surface area (Å²) in [6.07, 6.45) is 3.11. The van der Waals surface area contributed by atoms with Gasteiger partial charge in [-0.1, -0.05) is 12.1 Å². The van der Waals surface area contributed by atoms with E-state index in [4.69, 9.17) is 4.74 Å². The number of carbonyl (C=O) groups is 2. The minimum Gasteiger partial charge on any atom is -0.462 e. The van der Waals surface area contributed by atoms with Crippen LogP contribution in [0.3, 0.4) is 0 Å². The normalized spacial score (nSPS) is 11.2. The monoisotopic (exact) mass is 386 g/mol. The van der Waals surface area contributed by atoms with Crippen molar-refractivity contribution in [3.8, 4) is 0 Å². The fourth-order valence-electron chi connectivity index (χ4n) is 2.43. The van der Waals surface area contributed by atoms with E-state index in [-0.39, 0.29) is 12.5 Å². The lowest BCUT2D eigenvalue weighted by Gasteiger charge is -2.05. The lowest BCUT2D eigenvalue weighted by Crippen LogP contribution is -2.12. The summed E-state index contributed by atoms with van der Waals surface area (Å²) in [6.45, 7) is 5.81. The van der Waals surface area contributed by atoms with Crippen LogP contribution < -0.4 is 5.32 Å². The maximum Gasteiger partial charge on any atom is 0.341 e. The van der Waals surface area contributed by atoms with E-state index in [2.05, 4.69) is 10.3 Å². The number of anilines is 1. The van der Waals surface area contributed by atoms with Crippen molar-refractivity contribution in [2.45, 2.75) is 20.8 Å². The Morgan fingerprint density at radius 3 is 2.73 bits per heavy atom. The maximum atomic E-state index is 12.3. The summed E-state index contributed by atoms with van der Waals surface area (Å²) in [4.78, 5) is 29.9. The van der Waals surface area contributed by atoms with Crippen LogP contribution in [0.1, 0.15) is 32.7 Å². The molecule has 1 amide bonds. The molecule has 0 radical (unpaired) electrons. The second-order valence-corrected chi connectivity index (χ2v) is 7.84. The molecule has 0 atom stereocenters. The third-order valence-electron chi connectivity index (χ3n) is 3.79. The van der Waals surface area contributed by atoms with Gasteiger partial charge < -0.3 is 10.1 Å². The van der Waals surface area contributed by atoms with Crippen LogP contribution in [0.4, 0.5) is 5.00 Å². The average molecular weight is 386 g/mol. The van der Waals surface area contributed by atoms with E-state index in [0.29, 0.717) is 10.6 Å². The van der Waals surface area contributed by atoms with Crippen LogP contribution in [0.2, 0.25) is 0 Å². The van der Waals surface area contributed by atoms with Crippen LogP contribution in [-0.2, 0) is 9.53 Å². The molecule has 3 aromatic rings. The van der Waals surface area contributed by atoms with Gasteiger partial charge in [0.05, 0.1) is 22.4 Å². The molecule has 0 aliphatic heterocycles. The van der Waals surface area contributed by atoms with Gasteiger partial charge in [-0.05, 0) is 44.5 Å². The predicted molar refractivity (Wildman–Crippen MR) is 107 cm³/mol. The molecule has 1 aromatic carbocycles. The standard InChI is InChI=1S/C19H18N2O3S2/c1-4-24-19(23)17-11(2)12(3)25-18(17)21-15(22)9-10-16-20-13-7-5-6-8-14(13)26-16/h5-10H,4H2,1-3H3,(H,21,22)/b10-9+. The first-order valence-electron chi connectivity index (χ1n) is 8.11. The highest BCUT2D eigenvalue weighted by molar-refractivity contribution is 7.19. The first kappa shape index (κ1) is 18.3. The first-order valence-corrected chi connectivity index (χ1v) is 9.74. The lowest BCUT2D eigenvalue weighted by atomic mass is 10.1. The summed E-state index contributed by atoms with van der Waals surface area (Å²) in [5, 5.41) is 4.05. The Balaban J connectivity index is 1.77. The van der Waals surface area contributed by atoms with Crippen molar-refractivity contribution in [1.82, 2.24) is 4.98 Å². The molecular weight excluding hydrogens is 368 g/mol. The number of benzene rings is 1. The summed E-state index contributed by atoms with van der Waals surface area (Å²) < 4.78 is 6.17. The van der Waals surface area contributed by atoms with Gasteiger partial charge in [-0.15, -0.1) is 22.7 Å². The van der Waals surface area contributed by atoms with Crippen LogP contribution in [0.15, 0.2) is 30.3 Å². The number of esters is 1. The summed E-state index contributed by atoms with van der Waals surface area (Å²) >= 11 is 2.89. The molecule has 3 rings (SSSR count). The minimum absolute atomic E-state index is 0.290. The van der Waals surface area contributed by atoms with Crippen LogP contribution in [0, 0.1) is 13.8 Å². The van der Waals surface area contributed by atoms with Gasteiger partial charge in [0.25, 0.3) is 0 Å². The van der Waals surface area contributed by atoms with Gasteiger partial charge in [0.1, 0.15) is 10.0 Å². The number of hydrogen-bond donors (Lipinski definition) is 1. The molecule has 0 spiro atoms. The van der Waals surface area contributed by atoms with E-state index in [1.165, 1.54) is 28.7 Å². The third kappa shape index (κ3) is 3.84. The van der Waals surface area contributed by atoms with E-state index in [1.807, 2.05) is 38.1 Å². The minimum atomic E-state index is -0.417. The van der Waals surface area contributed by atoms with Gasteiger partial charge in [-0.25, -0.2) is 9.78 Å². The van der Waals surface area contributed by atoms with Gasteiger partial charge in [0.15, 0.2) is 0 Å². The average Bonchev–Trinajstić information content (AvgIpc) is 3.14. The largest absolute Gasteiger partial charge is 0.462 e. The first-order chi connectivity index (χ1) is 12.5. The lowest BCUT2D eigenvalue weighted by molar-refractivity contribution is -0.111. The van der Waals surface area contributed by atoms with Crippen molar-refractivity contribution in [1.29, 1.82) is 0 Å². The summed E-state index contributed by atoms with van der Waals surface area (Å²) in [7, 11) is 0. The highest BCUT2D eigenvalue weighted by Crippen LogP contribution is 2.33. The Bertz CT molecular complexity index is 969. The Morgan fingerprint density at radius 2 is 2.00 bits per heavy atom. The molecule has 0 bridgehead atoms. The van der Waals surface area contributed by atoms with Crippen LogP contribution in [0.5, 0.6) is 0 Å². The van der Waals surface area contributed by atoms with Gasteiger partial charge in [0, 0.05) is 11.0 Å². The van der Waals surface area contributed by atoms with Crippen molar-refractivity contribution in [3.05, 3.63) is 51.4 Å².